The number of unbranched alkanes of at least 4 members (excludes halogenated alkanes) is 2. The molecule has 1 aliphatic rings. The Morgan fingerprint density at radius 1 is 1.43 bits per heavy atom. The molecule has 1 fully saturated rings. The van der Waals surface area contributed by atoms with Crippen molar-refractivity contribution < 1.29 is 9.59 Å². The fourth-order valence-corrected chi connectivity index (χ4v) is 1.79. The summed E-state index contributed by atoms with van der Waals surface area (Å²) < 4.78 is 0. The van der Waals surface area contributed by atoms with Crippen LogP contribution in [0.2, 0.25) is 0 Å². The van der Waals surface area contributed by atoms with Crippen LogP contribution in [0, 0.1) is 5.92 Å². The Labute approximate surface area is 84.2 Å². The van der Waals surface area contributed by atoms with E-state index in [1.165, 1.54) is 0 Å². The van der Waals surface area contributed by atoms with Crippen LogP contribution in [-0.4, -0.2) is 17.9 Å². The molecule has 0 bridgehead atoms. The fraction of sp³-hybridized carbons (Fsp3) is 0.800. The molecule has 0 aromatic carbocycles. The van der Waals surface area contributed by atoms with Crippen LogP contribution in [0.15, 0.2) is 0 Å². The lowest BCUT2D eigenvalue weighted by atomic mass is 9.87. The van der Waals surface area contributed by atoms with Gasteiger partial charge in [-0.25, -0.2) is 0 Å². The summed E-state index contributed by atoms with van der Waals surface area (Å²) in [6.07, 6.45) is 4.61. The highest BCUT2D eigenvalue weighted by Gasteiger charge is 2.32. The second-order valence-electron chi connectivity index (χ2n) is 3.90. The van der Waals surface area contributed by atoms with Gasteiger partial charge in [0.2, 0.25) is 11.8 Å². The van der Waals surface area contributed by atoms with E-state index in [-0.39, 0.29) is 17.7 Å². The summed E-state index contributed by atoms with van der Waals surface area (Å²) in [7, 11) is 0. The highest BCUT2D eigenvalue weighted by atomic mass is 16.2. The SMILES string of the molecule is CCCCCC1CC(=O)NC(=O)C1N. The average Bonchev–Trinajstić information content (AvgIpc) is 2.13. The summed E-state index contributed by atoms with van der Waals surface area (Å²) in [4.78, 5) is 22.3. The predicted octanol–water partition coefficient (Wildman–Crippen LogP) is 0.557. The third-order valence-corrected chi connectivity index (χ3v) is 2.70. The van der Waals surface area contributed by atoms with E-state index in [9.17, 15) is 9.59 Å². The first-order valence-electron chi connectivity index (χ1n) is 5.24. The van der Waals surface area contributed by atoms with Crippen LogP contribution in [0.4, 0.5) is 0 Å². The number of carbonyl (C=O) groups is 2. The van der Waals surface area contributed by atoms with Crippen molar-refractivity contribution in [3.63, 3.8) is 0 Å². The van der Waals surface area contributed by atoms with E-state index in [1.54, 1.807) is 0 Å². The largest absolute Gasteiger partial charge is 0.320 e. The van der Waals surface area contributed by atoms with Crippen molar-refractivity contribution in [2.24, 2.45) is 11.7 Å². The Hall–Kier alpha value is -0.900. The zero-order valence-electron chi connectivity index (χ0n) is 8.58. The quantitative estimate of drug-likeness (QED) is 0.512. The zero-order chi connectivity index (χ0) is 10.6. The number of carbonyl (C=O) groups excluding carboxylic acids is 2. The third kappa shape index (κ3) is 2.80. The minimum atomic E-state index is -0.496. The molecule has 1 saturated heterocycles. The molecule has 3 N–H and O–H groups in total. The molecule has 1 heterocycles. The molecule has 2 amide bonds. The van der Waals surface area contributed by atoms with Crippen LogP contribution in [0.3, 0.4) is 0 Å². The maximum absolute atomic E-state index is 11.2. The van der Waals surface area contributed by atoms with Crippen molar-refractivity contribution in [2.75, 3.05) is 0 Å². The van der Waals surface area contributed by atoms with Crippen molar-refractivity contribution >= 4 is 11.8 Å². The molecule has 0 saturated carbocycles. The van der Waals surface area contributed by atoms with Crippen LogP contribution in [-0.2, 0) is 9.59 Å². The van der Waals surface area contributed by atoms with Gasteiger partial charge in [0.15, 0.2) is 0 Å². The van der Waals surface area contributed by atoms with Gasteiger partial charge in [-0.2, -0.15) is 0 Å². The smallest absolute Gasteiger partial charge is 0.243 e. The Kier molecular flexibility index (Phi) is 4.07. The molecule has 2 unspecified atom stereocenters. The minimum Gasteiger partial charge on any atom is -0.320 e. The molecule has 0 spiro atoms. The summed E-state index contributed by atoms with van der Waals surface area (Å²) in [6.45, 7) is 2.12. The normalized spacial score (nSPS) is 27.6. The van der Waals surface area contributed by atoms with Gasteiger partial charge in [-0.15, -0.1) is 0 Å². The van der Waals surface area contributed by atoms with Crippen molar-refractivity contribution in [3.05, 3.63) is 0 Å². The molecule has 1 aliphatic heterocycles. The van der Waals surface area contributed by atoms with Gasteiger partial charge >= 0.3 is 0 Å². The van der Waals surface area contributed by atoms with Crippen molar-refractivity contribution in [3.8, 4) is 0 Å². The molecule has 0 aromatic heterocycles. The van der Waals surface area contributed by atoms with Gasteiger partial charge in [0.25, 0.3) is 0 Å². The lowest BCUT2D eigenvalue weighted by Gasteiger charge is -2.26. The Bertz CT molecular complexity index is 228. The van der Waals surface area contributed by atoms with E-state index < -0.39 is 6.04 Å². The molecular weight excluding hydrogens is 180 g/mol. The van der Waals surface area contributed by atoms with E-state index in [0.717, 1.165) is 25.7 Å². The van der Waals surface area contributed by atoms with Gasteiger partial charge in [-0.3, -0.25) is 14.9 Å². The standard InChI is InChI=1S/C10H18N2O2/c1-2-3-4-5-7-6-8(13)12-10(14)9(7)11/h7,9H,2-6,11H2,1H3,(H,12,13,14). The first-order chi connectivity index (χ1) is 6.65. The molecule has 0 aliphatic carbocycles. The van der Waals surface area contributed by atoms with Crippen molar-refractivity contribution in [1.29, 1.82) is 0 Å². The van der Waals surface area contributed by atoms with E-state index in [1.807, 2.05) is 0 Å². The Balaban J connectivity index is 2.41. The topological polar surface area (TPSA) is 72.2 Å². The predicted molar refractivity (Wildman–Crippen MR) is 53.4 cm³/mol. The average molecular weight is 198 g/mol. The molecule has 80 valence electrons. The van der Waals surface area contributed by atoms with Crippen LogP contribution in [0.1, 0.15) is 39.0 Å². The maximum Gasteiger partial charge on any atom is 0.243 e. The zero-order valence-corrected chi connectivity index (χ0v) is 8.58. The summed E-state index contributed by atoms with van der Waals surface area (Å²) in [5.74, 6) is -0.455. The summed E-state index contributed by atoms with van der Waals surface area (Å²) in [5.41, 5.74) is 5.70. The summed E-state index contributed by atoms with van der Waals surface area (Å²) in [5, 5.41) is 2.25. The Morgan fingerprint density at radius 3 is 2.79 bits per heavy atom. The van der Waals surface area contributed by atoms with Crippen LogP contribution in [0.5, 0.6) is 0 Å². The maximum atomic E-state index is 11.2. The highest BCUT2D eigenvalue weighted by Crippen LogP contribution is 2.19. The summed E-state index contributed by atoms with van der Waals surface area (Å²) in [6, 6.07) is -0.496. The number of rotatable bonds is 4. The molecule has 2 atom stereocenters. The number of nitrogens with two attached hydrogens (primary N) is 1. The van der Waals surface area contributed by atoms with Gasteiger partial charge in [0, 0.05) is 6.42 Å². The van der Waals surface area contributed by atoms with Crippen LogP contribution >= 0.6 is 0 Å². The van der Waals surface area contributed by atoms with Gasteiger partial charge in [-0.05, 0) is 12.3 Å². The van der Waals surface area contributed by atoms with Crippen LogP contribution < -0.4 is 11.1 Å². The number of nitrogens with one attached hydrogen (secondary N) is 1. The van der Waals surface area contributed by atoms with E-state index >= 15 is 0 Å². The van der Waals surface area contributed by atoms with E-state index in [0.29, 0.717) is 6.42 Å². The number of piperidine rings is 1. The first-order valence-corrected chi connectivity index (χ1v) is 5.24. The van der Waals surface area contributed by atoms with Gasteiger partial charge in [0.1, 0.15) is 0 Å². The summed E-state index contributed by atoms with van der Waals surface area (Å²) >= 11 is 0. The molecule has 14 heavy (non-hydrogen) atoms. The van der Waals surface area contributed by atoms with E-state index in [2.05, 4.69) is 12.2 Å². The Morgan fingerprint density at radius 2 is 2.14 bits per heavy atom. The van der Waals surface area contributed by atoms with Crippen LogP contribution in [0.25, 0.3) is 0 Å². The molecule has 4 nitrogen and oxygen atoms in total. The fourth-order valence-electron chi connectivity index (χ4n) is 1.79. The molecule has 4 heteroatoms. The third-order valence-electron chi connectivity index (χ3n) is 2.70. The number of amides is 2. The minimum absolute atomic E-state index is 0.0443. The second kappa shape index (κ2) is 5.10. The van der Waals surface area contributed by atoms with Crippen molar-refractivity contribution in [2.45, 2.75) is 45.1 Å². The number of hydrogen-bond donors (Lipinski definition) is 2. The van der Waals surface area contributed by atoms with Gasteiger partial charge in [0.05, 0.1) is 6.04 Å². The van der Waals surface area contributed by atoms with Gasteiger partial charge in [-0.1, -0.05) is 26.2 Å². The van der Waals surface area contributed by atoms with E-state index in [4.69, 9.17) is 5.73 Å². The lowest BCUT2D eigenvalue weighted by Crippen LogP contribution is -2.53. The number of imide groups is 1. The van der Waals surface area contributed by atoms with Gasteiger partial charge < -0.3 is 5.73 Å². The molecule has 0 radical (unpaired) electrons. The molecule has 1 rings (SSSR count). The highest BCUT2D eigenvalue weighted by molar-refractivity contribution is 6.00. The lowest BCUT2D eigenvalue weighted by molar-refractivity contribution is -0.136. The molecular formula is C10H18N2O2. The first kappa shape index (κ1) is 11.2. The number of hydrogen-bond acceptors (Lipinski definition) is 3. The monoisotopic (exact) mass is 198 g/mol. The second-order valence-corrected chi connectivity index (χ2v) is 3.90. The van der Waals surface area contributed by atoms with Crippen molar-refractivity contribution in [1.82, 2.24) is 5.32 Å². The molecule has 0 aromatic rings.